The van der Waals surface area contributed by atoms with Crippen molar-refractivity contribution in [2.24, 2.45) is 11.8 Å². The molecule has 0 radical (unpaired) electrons. The molecule has 1 N–H and O–H groups in total. The molecule has 6 heteroatoms. The van der Waals surface area contributed by atoms with Crippen molar-refractivity contribution in [2.75, 3.05) is 5.32 Å². The molecule has 1 aromatic rings. The molecule has 0 saturated heterocycles. The first-order chi connectivity index (χ1) is 7.97. The van der Waals surface area contributed by atoms with E-state index in [4.69, 9.17) is 0 Å². The Morgan fingerprint density at radius 1 is 1.18 bits per heavy atom. The highest BCUT2D eigenvalue weighted by Gasteiger charge is 2.43. The van der Waals surface area contributed by atoms with Crippen LogP contribution in [0.5, 0.6) is 0 Å². The molecule has 0 unspecified atom stereocenters. The molecule has 0 aromatic heterocycles. The van der Waals surface area contributed by atoms with Gasteiger partial charge in [0.15, 0.2) is 0 Å². The number of hydrogen-bond acceptors (Lipinski definition) is 3. The van der Waals surface area contributed by atoms with Crippen LogP contribution in [0, 0.1) is 23.5 Å². The normalized spacial score (nSPS) is 22.0. The van der Waals surface area contributed by atoms with Crippen LogP contribution in [0.2, 0.25) is 0 Å². The van der Waals surface area contributed by atoms with Gasteiger partial charge in [0.05, 0.1) is 0 Å². The van der Waals surface area contributed by atoms with Crippen LogP contribution in [-0.4, -0.2) is 11.9 Å². The fourth-order valence-electron chi connectivity index (χ4n) is 1.61. The van der Waals surface area contributed by atoms with E-state index < -0.39 is 35.3 Å². The van der Waals surface area contributed by atoms with Crippen molar-refractivity contribution in [3.05, 3.63) is 29.8 Å². The highest BCUT2D eigenvalue weighted by molar-refractivity contribution is 5.97. The lowest BCUT2D eigenvalue weighted by Crippen LogP contribution is -2.27. The first-order valence-electron chi connectivity index (χ1n) is 4.95. The number of aliphatic carboxylic acids is 1. The van der Waals surface area contributed by atoms with Gasteiger partial charge in [-0.25, -0.2) is 8.78 Å². The summed E-state index contributed by atoms with van der Waals surface area (Å²) < 4.78 is 25.6. The van der Waals surface area contributed by atoms with Gasteiger partial charge in [0.1, 0.15) is 11.6 Å². The zero-order chi connectivity index (χ0) is 12.6. The quantitative estimate of drug-likeness (QED) is 0.825. The van der Waals surface area contributed by atoms with Crippen LogP contribution in [0.4, 0.5) is 14.5 Å². The second kappa shape index (κ2) is 4.12. The van der Waals surface area contributed by atoms with Gasteiger partial charge in [-0.1, -0.05) is 0 Å². The Labute approximate surface area is 95.2 Å². The third kappa shape index (κ3) is 2.58. The van der Waals surface area contributed by atoms with E-state index in [1.165, 1.54) is 0 Å². The average molecular weight is 240 g/mol. The number of carboxylic acids is 1. The maximum Gasteiger partial charge on any atom is 0.228 e. The van der Waals surface area contributed by atoms with Crippen LogP contribution < -0.4 is 10.4 Å². The smallest absolute Gasteiger partial charge is 0.228 e. The molecule has 0 spiro atoms. The number of carbonyl (C=O) groups excluding carboxylic acids is 2. The molecule has 0 bridgehead atoms. The van der Waals surface area contributed by atoms with Crippen LogP contribution in [0.15, 0.2) is 18.2 Å². The van der Waals surface area contributed by atoms with Gasteiger partial charge in [0, 0.05) is 29.6 Å². The molecule has 17 heavy (non-hydrogen) atoms. The molecule has 1 saturated carbocycles. The largest absolute Gasteiger partial charge is 0.550 e. The zero-order valence-corrected chi connectivity index (χ0v) is 8.57. The standard InChI is InChI=1S/C11H9F2NO3/c12-5-1-6(13)3-7(2-5)14-10(15)8-4-9(8)11(16)17/h1-3,8-9H,4H2,(H,14,15)(H,16,17)/p-1/t8-,9-/m1/s1. The van der Waals surface area contributed by atoms with Crippen LogP contribution in [-0.2, 0) is 9.59 Å². The lowest BCUT2D eigenvalue weighted by molar-refractivity contribution is -0.308. The van der Waals surface area contributed by atoms with E-state index in [-0.39, 0.29) is 12.1 Å². The van der Waals surface area contributed by atoms with E-state index in [2.05, 4.69) is 5.32 Å². The Hall–Kier alpha value is -1.98. The Morgan fingerprint density at radius 3 is 2.24 bits per heavy atom. The fourth-order valence-corrected chi connectivity index (χ4v) is 1.61. The van der Waals surface area contributed by atoms with Crippen LogP contribution in [0.25, 0.3) is 0 Å². The summed E-state index contributed by atoms with van der Waals surface area (Å²) >= 11 is 0. The predicted octanol–water partition coefficient (Wildman–Crippen LogP) is 0.289. The topological polar surface area (TPSA) is 69.2 Å². The summed E-state index contributed by atoms with van der Waals surface area (Å²) in [5, 5.41) is 12.7. The fraction of sp³-hybridized carbons (Fsp3) is 0.273. The average Bonchev–Trinajstić information content (AvgIpc) is 2.94. The van der Waals surface area contributed by atoms with Crippen molar-refractivity contribution < 1.29 is 23.5 Å². The highest BCUT2D eigenvalue weighted by atomic mass is 19.1. The number of amides is 1. The number of hydrogen-bond donors (Lipinski definition) is 1. The van der Waals surface area contributed by atoms with Gasteiger partial charge >= 0.3 is 0 Å². The summed E-state index contributed by atoms with van der Waals surface area (Å²) in [6.45, 7) is 0. The monoisotopic (exact) mass is 240 g/mol. The minimum absolute atomic E-state index is 0.0310. The van der Waals surface area contributed by atoms with Gasteiger partial charge in [-0.2, -0.15) is 0 Å². The summed E-state index contributed by atoms with van der Waals surface area (Å²) in [6.07, 6.45) is 0.200. The SMILES string of the molecule is O=C([O-])[C@@H]1C[C@H]1C(=O)Nc1cc(F)cc(F)c1. The molecule has 1 aromatic carbocycles. The van der Waals surface area contributed by atoms with Gasteiger partial charge in [0.25, 0.3) is 0 Å². The summed E-state index contributed by atoms with van der Waals surface area (Å²) in [4.78, 5) is 21.9. The molecule has 0 heterocycles. The predicted molar refractivity (Wildman–Crippen MR) is 51.6 cm³/mol. The van der Waals surface area contributed by atoms with E-state index in [9.17, 15) is 23.5 Å². The van der Waals surface area contributed by atoms with Crippen molar-refractivity contribution in [3.8, 4) is 0 Å². The Bertz CT molecular complexity index is 469. The number of halogens is 2. The lowest BCUT2D eigenvalue weighted by atomic mass is 10.2. The Balaban J connectivity index is 2.02. The second-order valence-electron chi connectivity index (χ2n) is 3.92. The van der Waals surface area contributed by atoms with Crippen LogP contribution in [0.3, 0.4) is 0 Å². The van der Waals surface area contributed by atoms with Crippen molar-refractivity contribution in [1.82, 2.24) is 0 Å². The maximum atomic E-state index is 12.8. The van der Waals surface area contributed by atoms with Gasteiger partial charge in [-0.05, 0) is 18.6 Å². The molecule has 4 nitrogen and oxygen atoms in total. The van der Waals surface area contributed by atoms with Crippen molar-refractivity contribution >= 4 is 17.6 Å². The van der Waals surface area contributed by atoms with E-state index in [0.717, 1.165) is 12.1 Å². The molecule has 2 rings (SSSR count). The third-order valence-electron chi connectivity index (χ3n) is 2.56. The van der Waals surface area contributed by atoms with Crippen molar-refractivity contribution in [1.29, 1.82) is 0 Å². The summed E-state index contributed by atoms with van der Waals surface area (Å²) in [5.41, 5.74) is -0.0310. The molecule has 1 aliphatic rings. The molecule has 1 amide bonds. The summed E-state index contributed by atoms with van der Waals surface area (Å²) in [5.74, 6) is -4.94. The number of carbonyl (C=O) groups is 2. The lowest BCUT2D eigenvalue weighted by Gasteiger charge is -2.05. The second-order valence-corrected chi connectivity index (χ2v) is 3.92. The van der Waals surface area contributed by atoms with Gasteiger partial charge in [0.2, 0.25) is 5.91 Å². The highest BCUT2D eigenvalue weighted by Crippen LogP contribution is 2.38. The minimum Gasteiger partial charge on any atom is -0.550 e. The molecule has 2 atom stereocenters. The van der Waals surface area contributed by atoms with Crippen LogP contribution >= 0.6 is 0 Å². The summed E-state index contributed by atoms with van der Waals surface area (Å²) in [7, 11) is 0. The van der Waals surface area contributed by atoms with E-state index in [1.807, 2.05) is 0 Å². The zero-order valence-electron chi connectivity index (χ0n) is 8.57. The van der Waals surface area contributed by atoms with E-state index in [1.54, 1.807) is 0 Å². The number of anilines is 1. The maximum absolute atomic E-state index is 12.8. The summed E-state index contributed by atoms with van der Waals surface area (Å²) in [6, 6.07) is 2.59. The van der Waals surface area contributed by atoms with Gasteiger partial charge in [-0.15, -0.1) is 0 Å². The molecule has 0 aliphatic heterocycles. The Morgan fingerprint density at radius 2 is 1.76 bits per heavy atom. The number of carboxylic acid groups (broad SMARTS) is 1. The number of rotatable bonds is 3. The molecular formula is C11H8F2NO3-. The van der Waals surface area contributed by atoms with Crippen LogP contribution in [0.1, 0.15) is 6.42 Å². The van der Waals surface area contributed by atoms with Crippen molar-refractivity contribution in [3.63, 3.8) is 0 Å². The first kappa shape index (κ1) is 11.5. The number of benzene rings is 1. The number of nitrogens with one attached hydrogen (secondary N) is 1. The first-order valence-corrected chi connectivity index (χ1v) is 4.95. The Kier molecular flexibility index (Phi) is 2.79. The van der Waals surface area contributed by atoms with Gasteiger partial charge < -0.3 is 15.2 Å². The van der Waals surface area contributed by atoms with Gasteiger partial charge in [-0.3, -0.25) is 4.79 Å². The van der Waals surface area contributed by atoms with E-state index in [0.29, 0.717) is 6.07 Å². The minimum atomic E-state index is -1.28. The van der Waals surface area contributed by atoms with Crippen molar-refractivity contribution in [2.45, 2.75) is 6.42 Å². The molecule has 1 fully saturated rings. The molecule has 1 aliphatic carbocycles. The van der Waals surface area contributed by atoms with E-state index >= 15 is 0 Å². The third-order valence-corrected chi connectivity index (χ3v) is 2.56. The molecule has 90 valence electrons. The molecular weight excluding hydrogens is 232 g/mol.